The van der Waals surface area contributed by atoms with Gasteiger partial charge >= 0.3 is 6.03 Å². The topological polar surface area (TPSA) is 32.3 Å². The fourth-order valence-corrected chi connectivity index (χ4v) is 2.32. The SMILES string of the molecule is CN(C(=O)NC(C)(C)c1ccc(Br)cc1)c1ccccc1. The van der Waals surface area contributed by atoms with Gasteiger partial charge in [-0.2, -0.15) is 0 Å². The summed E-state index contributed by atoms with van der Waals surface area (Å²) in [6.07, 6.45) is 0. The zero-order valence-corrected chi connectivity index (χ0v) is 14.0. The number of carbonyl (C=O) groups is 1. The van der Waals surface area contributed by atoms with Crippen LogP contribution in [0, 0.1) is 0 Å². The Kier molecular flexibility index (Phi) is 4.68. The van der Waals surface area contributed by atoms with Crippen molar-refractivity contribution in [1.82, 2.24) is 5.32 Å². The molecule has 1 N–H and O–H groups in total. The molecule has 2 aromatic rings. The van der Waals surface area contributed by atoms with Crippen LogP contribution in [0.15, 0.2) is 59.1 Å². The Hall–Kier alpha value is -1.81. The third kappa shape index (κ3) is 3.85. The lowest BCUT2D eigenvalue weighted by molar-refractivity contribution is 0.237. The number of rotatable bonds is 3. The van der Waals surface area contributed by atoms with Gasteiger partial charge in [-0.15, -0.1) is 0 Å². The van der Waals surface area contributed by atoms with Gasteiger partial charge in [-0.3, -0.25) is 4.90 Å². The summed E-state index contributed by atoms with van der Waals surface area (Å²) in [6, 6.07) is 17.4. The third-order valence-corrected chi connectivity index (χ3v) is 3.96. The van der Waals surface area contributed by atoms with Gasteiger partial charge in [0.2, 0.25) is 0 Å². The van der Waals surface area contributed by atoms with Crippen LogP contribution in [0.5, 0.6) is 0 Å². The fraction of sp³-hybridized carbons (Fsp3) is 0.235. The highest BCUT2D eigenvalue weighted by atomic mass is 79.9. The van der Waals surface area contributed by atoms with Gasteiger partial charge in [0.15, 0.2) is 0 Å². The van der Waals surface area contributed by atoms with Crippen molar-refractivity contribution >= 4 is 27.6 Å². The van der Waals surface area contributed by atoms with Gasteiger partial charge in [0, 0.05) is 17.2 Å². The van der Waals surface area contributed by atoms with Gasteiger partial charge in [-0.25, -0.2) is 4.79 Å². The van der Waals surface area contributed by atoms with Crippen molar-refractivity contribution in [2.45, 2.75) is 19.4 Å². The molecule has 0 aliphatic heterocycles. The van der Waals surface area contributed by atoms with Crippen molar-refractivity contribution in [2.24, 2.45) is 0 Å². The summed E-state index contributed by atoms with van der Waals surface area (Å²) in [5.41, 5.74) is 1.48. The number of hydrogen-bond donors (Lipinski definition) is 1. The Balaban J connectivity index is 2.12. The number of nitrogens with zero attached hydrogens (tertiary/aromatic N) is 1. The molecule has 0 aromatic heterocycles. The van der Waals surface area contributed by atoms with E-state index in [1.807, 2.05) is 68.4 Å². The second-order valence-corrected chi connectivity index (χ2v) is 6.37. The molecule has 0 aliphatic rings. The number of anilines is 1. The van der Waals surface area contributed by atoms with Crippen LogP contribution in [0.4, 0.5) is 10.5 Å². The molecule has 0 heterocycles. The second-order valence-electron chi connectivity index (χ2n) is 5.46. The lowest BCUT2D eigenvalue weighted by Gasteiger charge is -2.30. The van der Waals surface area contributed by atoms with Crippen LogP contribution in [0.3, 0.4) is 0 Å². The van der Waals surface area contributed by atoms with Crippen LogP contribution >= 0.6 is 15.9 Å². The van der Waals surface area contributed by atoms with E-state index < -0.39 is 5.54 Å². The molecule has 0 bridgehead atoms. The molecular formula is C17H19BrN2O. The quantitative estimate of drug-likeness (QED) is 0.869. The lowest BCUT2D eigenvalue weighted by atomic mass is 9.94. The average molecular weight is 347 g/mol. The van der Waals surface area contributed by atoms with E-state index in [4.69, 9.17) is 0 Å². The summed E-state index contributed by atoms with van der Waals surface area (Å²) < 4.78 is 1.02. The van der Waals surface area contributed by atoms with E-state index in [0.29, 0.717) is 0 Å². The van der Waals surface area contributed by atoms with Crippen LogP contribution in [-0.2, 0) is 5.54 Å². The summed E-state index contributed by atoms with van der Waals surface area (Å²) in [5, 5.41) is 3.06. The maximum absolute atomic E-state index is 12.4. The lowest BCUT2D eigenvalue weighted by Crippen LogP contribution is -2.47. The molecule has 0 aliphatic carbocycles. The number of para-hydroxylation sites is 1. The van der Waals surface area contributed by atoms with Gasteiger partial charge in [-0.05, 0) is 43.7 Å². The fourth-order valence-electron chi connectivity index (χ4n) is 2.06. The molecule has 0 spiro atoms. The van der Waals surface area contributed by atoms with Crippen LogP contribution in [-0.4, -0.2) is 13.1 Å². The average Bonchev–Trinajstić information content (AvgIpc) is 2.47. The maximum atomic E-state index is 12.4. The van der Waals surface area contributed by atoms with Gasteiger partial charge in [0.05, 0.1) is 5.54 Å². The van der Waals surface area contributed by atoms with Crippen molar-refractivity contribution in [3.63, 3.8) is 0 Å². The molecule has 2 rings (SSSR count). The molecule has 0 fully saturated rings. The molecule has 110 valence electrons. The van der Waals surface area contributed by atoms with E-state index >= 15 is 0 Å². The standard InChI is InChI=1S/C17H19BrN2O/c1-17(2,13-9-11-14(18)12-10-13)19-16(21)20(3)15-7-5-4-6-8-15/h4-12H,1-3H3,(H,19,21). The highest BCUT2D eigenvalue weighted by Gasteiger charge is 2.24. The van der Waals surface area contributed by atoms with Crippen LogP contribution in [0.1, 0.15) is 19.4 Å². The highest BCUT2D eigenvalue weighted by molar-refractivity contribution is 9.10. The number of halogens is 1. The molecule has 2 aromatic carbocycles. The smallest absolute Gasteiger partial charge is 0.322 e. The van der Waals surface area contributed by atoms with Gasteiger partial charge < -0.3 is 5.32 Å². The molecule has 0 saturated carbocycles. The Morgan fingerprint density at radius 2 is 1.62 bits per heavy atom. The monoisotopic (exact) mass is 346 g/mol. The van der Waals surface area contributed by atoms with Crippen LogP contribution in [0.25, 0.3) is 0 Å². The molecule has 0 saturated heterocycles. The molecule has 4 heteroatoms. The first kappa shape index (κ1) is 15.6. The van der Waals surface area contributed by atoms with Gasteiger partial charge in [0.1, 0.15) is 0 Å². The molecule has 21 heavy (non-hydrogen) atoms. The summed E-state index contributed by atoms with van der Waals surface area (Å²) >= 11 is 3.42. The molecule has 0 radical (unpaired) electrons. The van der Waals surface area contributed by atoms with E-state index in [2.05, 4.69) is 21.2 Å². The summed E-state index contributed by atoms with van der Waals surface area (Å²) in [4.78, 5) is 14.0. The first-order valence-electron chi connectivity index (χ1n) is 6.77. The number of benzene rings is 2. The van der Waals surface area contributed by atoms with Gasteiger partial charge in [-0.1, -0.05) is 46.3 Å². The third-order valence-electron chi connectivity index (χ3n) is 3.43. The van der Waals surface area contributed by atoms with Crippen molar-refractivity contribution in [2.75, 3.05) is 11.9 Å². The molecule has 2 amide bonds. The second kappa shape index (κ2) is 6.31. The predicted octanol–water partition coefficient (Wildman–Crippen LogP) is 4.53. The maximum Gasteiger partial charge on any atom is 0.322 e. The number of nitrogens with one attached hydrogen (secondary N) is 1. The molecule has 0 atom stereocenters. The normalized spacial score (nSPS) is 11.0. The first-order chi connectivity index (χ1) is 9.90. The predicted molar refractivity (Wildman–Crippen MR) is 90.5 cm³/mol. The van der Waals surface area contributed by atoms with Crippen LogP contribution in [0.2, 0.25) is 0 Å². The zero-order valence-electron chi connectivity index (χ0n) is 12.4. The molecule has 3 nitrogen and oxygen atoms in total. The summed E-state index contributed by atoms with van der Waals surface area (Å²) in [5.74, 6) is 0. The van der Waals surface area contributed by atoms with E-state index in [-0.39, 0.29) is 6.03 Å². The Labute approximate surface area is 134 Å². The minimum atomic E-state index is -0.444. The molecular weight excluding hydrogens is 328 g/mol. The van der Waals surface area contributed by atoms with Gasteiger partial charge in [0.25, 0.3) is 0 Å². The Morgan fingerprint density at radius 1 is 1.05 bits per heavy atom. The van der Waals surface area contributed by atoms with Crippen molar-refractivity contribution in [3.8, 4) is 0 Å². The van der Waals surface area contributed by atoms with E-state index in [1.165, 1.54) is 0 Å². The van der Waals surface area contributed by atoms with E-state index in [9.17, 15) is 4.79 Å². The first-order valence-corrected chi connectivity index (χ1v) is 7.56. The minimum Gasteiger partial charge on any atom is -0.329 e. The molecule has 0 unspecified atom stereocenters. The van der Waals surface area contributed by atoms with E-state index in [0.717, 1.165) is 15.7 Å². The Morgan fingerprint density at radius 3 is 2.19 bits per heavy atom. The minimum absolute atomic E-state index is 0.130. The van der Waals surface area contributed by atoms with Crippen LogP contribution < -0.4 is 10.2 Å². The summed E-state index contributed by atoms with van der Waals surface area (Å²) in [6.45, 7) is 3.99. The number of carbonyl (C=O) groups excluding carboxylic acids is 1. The number of hydrogen-bond acceptors (Lipinski definition) is 1. The Bertz CT molecular complexity index is 608. The highest BCUT2D eigenvalue weighted by Crippen LogP contribution is 2.23. The van der Waals surface area contributed by atoms with Crippen molar-refractivity contribution in [1.29, 1.82) is 0 Å². The van der Waals surface area contributed by atoms with Crippen molar-refractivity contribution in [3.05, 3.63) is 64.6 Å². The summed E-state index contributed by atoms with van der Waals surface area (Å²) in [7, 11) is 1.77. The number of urea groups is 1. The number of amides is 2. The largest absolute Gasteiger partial charge is 0.329 e. The van der Waals surface area contributed by atoms with Crippen molar-refractivity contribution < 1.29 is 4.79 Å². The zero-order chi connectivity index (χ0) is 15.5. The van der Waals surface area contributed by atoms with E-state index in [1.54, 1.807) is 11.9 Å².